The Morgan fingerprint density at radius 2 is 1.78 bits per heavy atom. The number of halogens is 1. The van der Waals surface area contributed by atoms with Crippen molar-refractivity contribution in [1.82, 2.24) is 20.2 Å². The van der Waals surface area contributed by atoms with E-state index >= 15 is 0 Å². The van der Waals surface area contributed by atoms with Gasteiger partial charge < -0.3 is 4.74 Å². The monoisotopic (exact) mass is 398 g/mol. The van der Waals surface area contributed by atoms with Crippen LogP contribution in [0, 0.1) is 5.82 Å². The van der Waals surface area contributed by atoms with E-state index in [4.69, 9.17) is 4.74 Å². The second-order valence-electron chi connectivity index (χ2n) is 5.63. The van der Waals surface area contributed by atoms with Crippen LogP contribution in [0.4, 0.5) is 4.39 Å². The van der Waals surface area contributed by atoms with Crippen molar-refractivity contribution >= 4 is 23.1 Å². The van der Waals surface area contributed by atoms with Crippen LogP contribution in [0.2, 0.25) is 0 Å². The van der Waals surface area contributed by atoms with E-state index in [1.807, 2.05) is 29.6 Å². The lowest BCUT2D eigenvalue weighted by Gasteiger charge is -1.99. The predicted molar refractivity (Wildman–Crippen MR) is 105 cm³/mol. The smallest absolute Gasteiger partial charge is 0.209 e. The van der Waals surface area contributed by atoms with E-state index in [1.165, 1.54) is 23.9 Å². The molecule has 2 aromatic carbocycles. The lowest BCUT2D eigenvalue weighted by molar-refractivity contribution is 0.415. The van der Waals surface area contributed by atoms with E-state index in [9.17, 15) is 4.39 Å². The number of hydrogen-bond donors (Lipinski definition) is 1. The molecule has 136 valence electrons. The number of ether oxygens (including phenoxy) is 1. The number of thiazole rings is 1. The molecule has 0 aliphatic heterocycles. The Hall–Kier alpha value is -2.71. The normalized spacial score (nSPS) is 10.9. The highest BCUT2D eigenvalue weighted by Gasteiger charge is 2.09. The van der Waals surface area contributed by atoms with E-state index in [0.717, 1.165) is 27.6 Å². The first-order valence-corrected chi connectivity index (χ1v) is 9.98. The van der Waals surface area contributed by atoms with Gasteiger partial charge in [-0.3, -0.25) is 5.10 Å². The zero-order valence-electron chi connectivity index (χ0n) is 14.3. The maximum absolute atomic E-state index is 13.0. The topological polar surface area (TPSA) is 63.7 Å². The molecule has 0 atom stereocenters. The largest absolute Gasteiger partial charge is 0.497 e. The third-order valence-corrected chi connectivity index (χ3v) is 5.64. The standard InChI is InChI=1S/C19H15FN4OS2/c1-25-16-8-4-12(5-9-16)17-22-19(24-23-17)27-11-15-10-26-18(21-15)13-2-6-14(20)7-3-13/h2-10H,11H2,1H3,(H,22,23,24). The minimum atomic E-state index is -0.247. The van der Waals surface area contributed by atoms with E-state index in [2.05, 4.69) is 20.2 Å². The predicted octanol–water partition coefficient (Wildman–Crippen LogP) is 5.04. The summed E-state index contributed by atoms with van der Waals surface area (Å²) in [5.41, 5.74) is 2.81. The molecule has 4 aromatic rings. The van der Waals surface area contributed by atoms with Crippen molar-refractivity contribution < 1.29 is 9.13 Å². The van der Waals surface area contributed by atoms with E-state index in [0.29, 0.717) is 16.7 Å². The molecule has 0 aliphatic carbocycles. The molecule has 0 bridgehead atoms. The lowest BCUT2D eigenvalue weighted by Crippen LogP contribution is -1.84. The van der Waals surface area contributed by atoms with Crippen molar-refractivity contribution in [3.63, 3.8) is 0 Å². The number of benzene rings is 2. The van der Waals surface area contributed by atoms with Gasteiger partial charge in [0, 0.05) is 22.3 Å². The van der Waals surface area contributed by atoms with Crippen LogP contribution in [-0.4, -0.2) is 27.3 Å². The van der Waals surface area contributed by atoms with E-state index in [-0.39, 0.29) is 5.82 Å². The first-order chi connectivity index (χ1) is 13.2. The van der Waals surface area contributed by atoms with Gasteiger partial charge >= 0.3 is 0 Å². The van der Waals surface area contributed by atoms with Crippen LogP contribution >= 0.6 is 23.1 Å². The van der Waals surface area contributed by atoms with Crippen LogP contribution in [0.5, 0.6) is 5.75 Å². The molecule has 0 fully saturated rings. The van der Waals surface area contributed by atoms with Crippen molar-refractivity contribution in [2.45, 2.75) is 10.9 Å². The van der Waals surface area contributed by atoms with Crippen LogP contribution in [-0.2, 0) is 5.75 Å². The van der Waals surface area contributed by atoms with Crippen LogP contribution < -0.4 is 4.74 Å². The highest BCUT2D eigenvalue weighted by atomic mass is 32.2. The number of aromatic nitrogens is 4. The van der Waals surface area contributed by atoms with Crippen LogP contribution in [0.15, 0.2) is 59.1 Å². The number of rotatable bonds is 6. The first-order valence-electron chi connectivity index (χ1n) is 8.11. The quantitative estimate of drug-likeness (QED) is 0.461. The summed E-state index contributed by atoms with van der Waals surface area (Å²) in [6, 6.07) is 14.0. The number of thioether (sulfide) groups is 1. The molecular formula is C19H15FN4OS2. The molecule has 27 heavy (non-hydrogen) atoms. The second-order valence-corrected chi connectivity index (χ2v) is 7.44. The number of aromatic amines is 1. The minimum Gasteiger partial charge on any atom is -0.497 e. The van der Waals surface area contributed by atoms with Crippen LogP contribution in [0.3, 0.4) is 0 Å². The average Bonchev–Trinajstić information content (AvgIpc) is 3.37. The maximum Gasteiger partial charge on any atom is 0.209 e. The molecular weight excluding hydrogens is 383 g/mol. The summed E-state index contributed by atoms with van der Waals surface area (Å²) in [6.45, 7) is 0. The summed E-state index contributed by atoms with van der Waals surface area (Å²) in [5, 5.41) is 10.8. The van der Waals surface area contributed by atoms with E-state index < -0.39 is 0 Å². The van der Waals surface area contributed by atoms with Crippen LogP contribution in [0.25, 0.3) is 22.0 Å². The van der Waals surface area contributed by atoms with Crippen molar-refractivity contribution in [3.05, 3.63) is 65.4 Å². The number of nitrogens with one attached hydrogen (secondary N) is 1. The van der Waals surface area contributed by atoms with Gasteiger partial charge in [0.15, 0.2) is 5.82 Å². The van der Waals surface area contributed by atoms with Crippen molar-refractivity contribution in [1.29, 1.82) is 0 Å². The minimum absolute atomic E-state index is 0.247. The Labute approximate surface area is 163 Å². The van der Waals surface area contributed by atoms with Crippen molar-refractivity contribution in [2.75, 3.05) is 7.11 Å². The highest BCUT2D eigenvalue weighted by Crippen LogP contribution is 2.28. The Morgan fingerprint density at radius 3 is 2.52 bits per heavy atom. The Kier molecular flexibility index (Phi) is 5.17. The van der Waals surface area contributed by atoms with Gasteiger partial charge in [-0.1, -0.05) is 11.8 Å². The molecule has 0 aliphatic rings. The molecule has 0 radical (unpaired) electrons. The van der Waals surface area contributed by atoms with Gasteiger partial charge in [-0.05, 0) is 48.5 Å². The van der Waals surface area contributed by atoms with Gasteiger partial charge in [0.1, 0.15) is 16.6 Å². The van der Waals surface area contributed by atoms with Gasteiger partial charge in [0.05, 0.1) is 12.8 Å². The molecule has 0 saturated heterocycles. The first kappa shape index (κ1) is 17.7. The van der Waals surface area contributed by atoms with E-state index in [1.54, 1.807) is 30.6 Å². The molecule has 8 heteroatoms. The zero-order chi connectivity index (χ0) is 18.6. The SMILES string of the molecule is COc1ccc(-c2nc(SCc3csc(-c4ccc(F)cc4)n3)n[nH]2)cc1. The summed E-state index contributed by atoms with van der Waals surface area (Å²) in [7, 11) is 1.64. The van der Waals surface area contributed by atoms with Gasteiger partial charge in [-0.25, -0.2) is 14.4 Å². The number of H-pyrrole nitrogens is 1. The van der Waals surface area contributed by atoms with Gasteiger partial charge in [-0.2, -0.15) is 0 Å². The summed E-state index contributed by atoms with van der Waals surface area (Å²) < 4.78 is 18.2. The summed E-state index contributed by atoms with van der Waals surface area (Å²) in [4.78, 5) is 9.12. The molecule has 0 unspecified atom stereocenters. The molecule has 2 heterocycles. The Morgan fingerprint density at radius 1 is 1.04 bits per heavy atom. The third-order valence-electron chi connectivity index (χ3n) is 3.82. The number of nitrogens with zero attached hydrogens (tertiary/aromatic N) is 3. The van der Waals surface area contributed by atoms with Gasteiger partial charge in [-0.15, -0.1) is 16.4 Å². The molecule has 2 aromatic heterocycles. The molecule has 5 nitrogen and oxygen atoms in total. The summed E-state index contributed by atoms with van der Waals surface area (Å²) in [6.07, 6.45) is 0. The molecule has 0 amide bonds. The van der Waals surface area contributed by atoms with Crippen molar-refractivity contribution in [3.8, 4) is 27.7 Å². The lowest BCUT2D eigenvalue weighted by atomic mass is 10.2. The van der Waals surface area contributed by atoms with Crippen molar-refractivity contribution in [2.24, 2.45) is 0 Å². The molecule has 0 spiro atoms. The number of hydrogen-bond acceptors (Lipinski definition) is 6. The summed E-state index contributed by atoms with van der Waals surface area (Å²) in [5.74, 6) is 1.93. The molecule has 0 saturated carbocycles. The highest BCUT2D eigenvalue weighted by molar-refractivity contribution is 7.98. The third kappa shape index (κ3) is 4.17. The number of methoxy groups -OCH3 is 1. The fourth-order valence-corrected chi connectivity index (χ4v) is 4.05. The summed E-state index contributed by atoms with van der Waals surface area (Å²) >= 11 is 3.06. The van der Waals surface area contributed by atoms with Gasteiger partial charge in [0.2, 0.25) is 5.16 Å². The molecule has 4 rings (SSSR count). The zero-order valence-corrected chi connectivity index (χ0v) is 16.0. The average molecular weight is 398 g/mol. The Balaban J connectivity index is 1.40. The van der Waals surface area contributed by atoms with Gasteiger partial charge in [0.25, 0.3) is 0 Å². The van der Waals surface area contributed by atoms with Crippen LogP contribution in [0.1, 0.15) is 5.69 Å². The molecule has 1 N–H and O–H groups in total. The fraction of sp³-hybridized carbons (Fsp3) is 0.105. The maximum atomic E-state index is 13.0. The Bertz CT molecular complexity index is 1030. The second kappa shape index (κ2) is 7.89. The fourth-order valence-electron chi connectivity index (χ4n) is 2.43.